The first-order valence-corrected chi connectivity index (χ1v) is 5.67. The first-order chi connectivity index (χ1) is 8.91. The number of benzene rings is 1. The van der Waals surface area contributed by atoms with Gasteiger partial charge in [0, 0.05) is 0 Å². The average molecular weight is 331 g/mol. The fraction of sp³-hybridized carbons (Fsp3) is 0. The molecule has 19 heavy (non-hydrogen) atoms. The number of halogens is 3. The highest BCUT2D eigenvalue weighted by Crippen LogP contribution is 2.22. The maximum atomic E-state index is 13.6. The van der Waals surface area contributed by atoms with Crippen molar-refractivity contribution in [3.63, 3.8) is 0 Å². The Hall–Kier alpha value is -2.09. The molecule has 0 atom stereocenters. The number of aromatic nitrogens is 2. The van der Waals surface area contributed by atoms with E-state index in [0.717, 1.165) is 12.4 Å². The van der Waals surface area contributed by atoms with E-state index in [-0.39, 0.29) is 4.47 Å². The number of nitrogens with one attached hydrogen (secondary N) is 1. The van der Waals surface area contributed by atoms with E-state index >= 15 is 0 Å². The molecule has 0 aliphatic rings. The highest BCUT2D eigenvalue weighted by molar-refractivity contribution is 9.10. The van der Waals surface area contributed by atoms with E-state index < -0.39 is 40.3 Å². The molecule has 0 saturated carbocycles. The van der Waals surface area contributed by atoms with E-state index in [0.29, 0.717) is 6.07 Å². The van der Waals surface area contributed by atoms with Crippen molar-refractivity contribution in [2.45, 2.75) is 0 Å². The molecule has 1 aromatic carbocycles. The average Bonchev–Trinajstić information content (AvgIpc) is 2.82. The van der Waals surface area contributed by atoms with E-state index in [9.17, 15) is 18.4 Å². The summed E-state index contributed by atoms with van der Waals surface area (Å²) in [6, 6.07) is 1.47. The van der Waals surface area contributed by atoms with E-state index in [1.54, 1.807) is 0 Å². The van der Waals surface area contributed by atoms with Crippen molar-refractivity contribution in [2.24, 2.45) is 0 Å². The minimum absolute atomic E-state index is 0.137. The molecule has 5 nitrogen and oxygen atoms in total. The smallest absolute Gasteiger partial charge is 0.354 e. The number of carbonyl (C=O) groups is 2. The second-order valence-electron chi connectivity index (χ2n) is 3.51. The standard InChI is InChI=1S/C11H5BrF2N2O3/c12-5-2-6(13)4(1-7(5)14)10(17)8-9(11(18)19)16-3-15-8/h1-3H,(H,15,16)(H,18,19). The Labute approximate surface area is 113 Å². The maximum Gasteiger partial charge on any atom is 0.354 e. The number of imidazole rings is 1. The van der Waals surface area contributed by atoms with Crippen LogP contribution in [0.3, 0.4) is 0 Å². The van der Waals surface area contributed by atoms with Crippen LogP contribution in [0.1, 0.15) is 26.5 Å². The van der Waals surface area contributed by atoms with Gasteiger partial charge in [0.05, 0.1) is 16.4 Å². The molecule has 0 aliphatic heterocycles. The zero-order valence-electron chi connectivity index (χ0n) is 9.08. The molecule has 0 aliphatic carbocycles. The predicted octanol–water partition coefficient (Wildman–Crippen LogP) is 2.38. The number of carboxylic acids is 1. The molecular formula is C11H5BrF2N2O3. The number of ketones is 1. The molecule has 0 spiro atoms. The lowest BCUT2D eigenvalue weighted by molar-refractivity contribution is 0.0686. The van der Waals surface area contributed by atoms with Gasteiger partial charge in [0.2, 0.25) is 5.78 Å². The van der Waals surface area contributed by atoms with Crippen LogP contribution in [0, 0.1) is 11.6 Å². The summed E-state index contributed by atoms with van der Waals surface area (Å²) in [5.41, 5.74) is -1.55. The highest BCUT2D eigenvalue weighted by atomic mass is 79.9. The van der Waals surface area contributed by atoms with Crippen LogP contribution in [0.4, 0.5) is 8.78 Å². The van der Waals surface area contributed by atoms with Gasteiger partial charge < -0.3 is 10.1 Å². The van der Waals surface area contributed by atoms with Gasteiger partial charge in [-0.15, -0.1) is 0 Å². The summed E-state index contributed by atoms with van der Waals surface area (Å²) in [6.07, 6.45) is 0.990. The lowest BCUT2D eigenvalue weighted by Gasteiger charge is -2.03. The van der Waals surface area contributed by atoms with E-state index in [4.69, 9.17) is 5.11 Å². The Balaban J connectivity index is 2.53. The van der Waals surface area contributed by atoms with Crippen molar-refractivity contribution < 1.29 is 23.5 Å². The quantitative estimate of drug-likeness (QED) is 0.668. The molecule has 0 bridgehead atoms. The third-order valence-electron chi connectivity index (χ3n) is 2.32. The van der Waals surface area contributed by atoms with Crippen LogP contribution in [-0.2, 0) is 0 Å². The van der Waals surface area contributed by atoms with Gasteiger partial charge >= 0.3 is 5.97 Å². The zero-order chi connectivity index (χ0) is 14.2. The Bertz CT molecular complexity index is 685. The minimum Gasteiger partial charge on any atom is -0.477 e. The van der Waals surface area contributed by atoms with Crippen molar-refractivity contribution in [3.8, 4) is 0 Å². The Morgan fingerprint density at radius 1 is 1.26 bits per heavy atom. The molecule has 1 aromatic heterocycles. The van der Waals surface area contributed by atoms with Crippen molar-refractivity contribution in [3.05, 3.63) is 51.5 Å². The van der Waals surface area contributed by atoms with Crippen LogP contribution in [0.15, 0.2) is 22.9 Å². The first-order valence-electron chi connectivity index (χ1n) is 4.87. The van der Waals surface area contributed by atoms with Crippen LogP contribution >= 0.6 is 15.9 Å². The molecule has 0 unspecified atom stereocenters. The largest absolute Gasteiger partial charge is 0.477 e. The topological polar surface area (TPSA) is 83.0 Å². The fourth-order valence-corrected chi connectivity index (χ4v) is 1.77. The van der Waals surface area contributed by atoms with Crippen molar-refractivity contribution in [1.29, 1.82) is 0 Å². The zero-order valence-corrected chi connectivity index (χ0v) is 10.7. The van der Waals surface area contributed by atoms with E-state index in [1.165, 1.54) is 0 Å². The second-order valence-corrected chi connectivity index (χ2v) is 4.36. The van der Waals surface area contributed by atoms with Crippen LogP contribution in [0.5, 0.6) is 0 Å². The second kappa shape index (κ2) is 4.88. The van der Waals surface area contributed by atoms with Crippen LogP contribution in [-0.4, -0.2) is 26.8 Å². The van der Waals surface area contributed by atoms with Crippen molar-refractivity contribution in [2.75, 3.05) is 0 Å². The number of rotatable bonds is 3. The summed E-state index contributed by atoms with van der Waals surface area (Å²) >= 11 is 2.77. The lowest BCUT2D eigenvalue weighted by atomic mass is 10.1. The van der Waals surface area contributed by atoms with Gasteiger partial charge in [0.15, 0.2) is 5.69 Å². The number of H-pyrrole nitrogens is 1. The van der Waals surface area contributed by atoms with Crippen LogP contribution in [0.25, 0.3) is 0 Å². The third-order valence-corrected chi connectivity index (χ3v) is 2.93. The fourth-order valence-electron chi connectivity index (χ4n) is 1.45. The van der Waals surface area contributed by atoms with Gasteiger partial charge in [-0.25, -0.2) is 18.6 Å². The Kier molecular flexibility index (Phi) is 3.43. The van der Waals surface area contributed by atoms with Crippen LogP contribution < -0.4 is 0 Å². The molecule has 1 heterocycles. The molecule has 8 heteroatoms. The first kappa shape index (κ1) is 13.3. The summed E-state index contributed by atoms with van der Waals surface area (Å²) in [5.74, 6) is -4.24. The summed E-state index contributed by atoms with van der Waals surface area (Å²) in [6.45, 7) is 0. The van der Waals surface area contributed by atoms with Crippen LogP contribution in [0.2, 0.25) is 0 Å². The van der Waals surface area contributed by atoms with Gasteiger partial charge in [-0.3, -0.25) is 4.79 Å². The molecule has 2 aromatic rings. The minimum atomic E-state index is -1.42. The van der Waals surface area contributed by atoms with Gasteiger partial charge in [0.25, 0.3) is 0 Å². The molecule has 2 N–H and O–H groups in total. The monoisotopic (exact) mass is 330 g/mol. The molecule has 2 rings (SSSR count). The number of hydrogen-bond donors (Lipinski definition) is 2. The molecular weight excluding hydrogens is 326 g/mol. The highest BCUT2D eigenvalue weighted by Gasteiger charge is 2.24. The molecule has 0 saturated heterocycles. The van der Waals surface area contributed by atoms with Gasteiger partial charge in [-0.1, -0.05) is 0 Å². The summed E-state index contributed by atoms with van der Waals surface area (Å²) in [7, 11) is 0. The van der Waals surface area contributed by atoms with Crippen molar-refractivity contribution >= 4 is 27.7 Å². The van der Waals surface area contributed by atoms with Crippen molar-refractivity contribution in [1.82, 2.24) is 9.97 Å². The number of aromatic amines is 1. The van der Waals surface area contributed by atoms with Gasteiger partial charge in [0.1, 0.15) is 17.3 Å². The summed E-state index contributed by atoms with van der Waals surface area (Å²) in [4.78, 5) is 28.5. The third kappa shape index (κ3) is 2.39. The van der Waals surface area contributed by atoms with Gasteiger partial charge in [-0.2, -0.15) is 0 Å². The van der Waals surface area contributed by atoms with E-state index in [1.807, 2.05) is 0 Å². The number of carboxylic acid groups (broad SMARTS) is 1. The Morgan fingerprint density at radius 2 is 1.95 bits per heavy atom. The number of carbonyl (C=O) groups excluding carboxylic acids is 1. The predicted molar refractivity (Wildman–Crippen MR) is 63.0 cm³/mol. The normalized spacial score (nSPS) is 10.5. The maximum absolute atomic E-state index is 13.6. The molecule has 98 valence electrons. The number of nitrogens with zero attached hydrogens (tertiary/aromatic N) is 1. The summed E-state index contributed by atoms with van der Waals surface area (Å²) < 4.78 is 26.8. The summed E-state index contributed by atoms with van der Waals surface area (Å²) in [5, 5.41) is 8.82. The SMILES string of the molecule is O=C(c1cc(F)c(Br)cc1F)c1nc[nH]c1C(=O)O. The van der Waals surface area contributed by atoms with E-state index in [2.05, 4.69) is 25.9 Å². The number of hydrogen-bond acceptors (Lipinski definition) is 3. The lowest BCUT2D eigenvalue weighted by Crippen LogP contribution is -2.11. The molecule has 0 radical (unpaired) electrons. The Morgan fingerprint density at radius 3 is 2.58 bits per heavy atom. The van der Waals surface area contributed by atoms with Gasteiger partial charge in [-0.05, 0) is 28.1 Å². The number of aromatic carboxylic acids is 1. The molecule has 0 amide bonds. The molecule has 0 fully saturated rings.